The van der Waals surface area contributed by atoms with E-state index in [2.05, 4.69) is 12.1 Å². The maximum absolute atomic E-state index is 12.3. The monoisotopic (exact) mass is 343 g/mol. The summed E-state index contributed by atoms with van der Waals surface area (Å²) in [5, 5.41) is 3.96. The minimum Gasteiger partial charge on any atom is -0.264 e. The van der Waals surface area contributed by atoms with Crippen LogP contribution in [0, 0.1) is 0 Å². The summed E-state index contributed by atoms with van der Waals surface area (Å²) in [6.07, 6.45) is 4.61. The van der Waals surface area contributed by atoms with E-state index in [0.717, 1.165) is 43.2 Å². The van der Waals surface area contributed by atoms with Crippen LogP contribution in [0.2, 0.25) is 0 Å². The van der Waals surface area contributed by atoms with Gasteiger partial charge in [0, 0.05) is 5.56 Å². The number of aryl methyl sites for hydroxylation is 2. The van der Waals surface area contributed by atoms with E-state index in [1.807, 2.05) is 36.4 Å². The van der Waals surface area contributed by atoms with E-state index in [1.54, 1.807) is 12.1 Å². The van der Waals surface area contributed by atoms with Crippen LogP contribution in [0.1, 0.15) is 42.9 Å². The van der Waals surface area contributed by atoms with Crippen molar-refractivity contribution in [3.05, 3.63) is 65.2 Å². The highest BCUT2D eigenvalue weighted by atomic mass is 32.2. The average Bonchev–Trinajstić information content (AvgIpc) is 2.61. The zero-order valence-electron chi connectivity index (χ0n) is 13.7. The van der Waals surface area contributed by atoms with Crippen LogP contribution in [0.3, 0.4) is 0 Å². The molecule has 0 spiro atoms. The Morgan fingerprint density at radius 2 is 1.79 bits per heavy atom. The van der Waals surface area contributed by atoms with E-state index in [4.69, 9.17) is 4.28 Å². The van der Waals surface area contributed by atoms with Crippen molar-refractivity contribution in [2.24, 2.45) is 5.16 Å². The van der Waals surface area contributed by atoms with E-state index in [0.29, 0.717) is 5.71 Å². The van der Waals surface area contributed by atoms with Gasteiger partial charge < -0.3 is 0 Å². The molecule has 5 heteroatoms. The van der Waals surface area contributed by atoms with E-state index in [9.17, 15) is 8.42 Å². The number of benzene rings is 2. The molecule has 0 saturated heterocycles. The number of fused-ring (bicyclic) bond motifs is 1. The molecule has 0 unspecified atom stereocenters. The largest absolute Gasteiger partial charge is 0.358 e. The highest BCUT2D eigenvalue weighted by Crippen LogP contribution is 2.22. The third-order valence-electron chi connectivity index (χ3n) is 4.18. The van der Waals surface area contributed by atoms with Crippen LogP contribution >= 0.6 is 0 Å². The zero-order valence-corrected chi connectivity index (χ0v) is 14.6. The molecule has 4 nitrogen and oxygen atoms in total. The Labute approximate surface area is 143 Å². The average molecular weight is 343 g/mol. The van der Waals surface area contributed by atoms with Gasteiger partial charge in [0.25, 0.3) is 0 Å². The summed E-state index contributed by atoms with van der Waals surface area (Å²) in [7, 11) is -3.88. The molecular formula is C19H21NO3S. The molecule has 0 bridgehead atoms. The molecule has 0 radical (unpaired) electrons. The third kappa shape index (κ3) is 3.67. The minimum absolute atomic E-state index is 0.135. The standard InChI is InChI=1S/C19H21NO3S/c1-2-6-15-11-13-17(14-12-15)24(21,22)23-20-19-10-5-8-16-7-3-4-9-18(16)19/h3-4,7,9,11-14H,2,5-6,8,10H2,1H3. The molecule has 2 aromatic carbocycles. The Balaban J connectivity index is 1.80. The topological polar surface area (TPSA) is 55.7 Å². The Morgan fingerprint density at radius 3 is 2.54 bits per heavy atom. The lowest BCUT2D eigenvalue weighted by atomic mass is 9.90. The van der Waals surface area contributed by atoms with Crippen LogP contribution in [0.25, 0.3) is 0 Å². The fourth-order valence-corrected chi connectivity index (χ4v) is 3.69. The zero-order chi connectivity index (χ0) is 17.0. The van der Waals surface area contributed by atoms with Gasteiger partial charge in [-0.3, -0.25) is 4.28 Å². The van der Waals surface area contributed by atoms with Crippen molar-refractivity contribution in [1.82, 2.24) is 0 Å². The molecule has 0 heterocycles. The van der Waals surface area contributed by atoms with Crippen LogP contribution in [-0.4, -0.2) is 14.1 Å². The lowest BCUT2D eigenvalue weighted by Gasteiger charge is -2.16. The highest BCUT2D eigenvalue weighted by Gasteiger charge is 2.19. The number of rotatable bonds is 5. The highest BCUT2D eigenvalue weighted by molar-refractivity contribution is 7.86. The van der Waals surface area contributed by atoms with Crippen LogP contribution in [0.15, 0.2) is 58.6 Å². The van der Waals surface area contributed by atoms with E-state index >= 15 is 0 Å². The Hall–Kier alpha value is -2.14. The summed E-state index contributed by atoms with van der Waals surface area (Å²) < 4.78 is 29.6. The molecule has 0 saturated carbocycles. The van der Waals surface area contributed by atoms with Crippen molar-refractivity contribution in [2.45, 2.75) is 43.9 Å². The number of hydrogen-bond donors (Lipinski definition) is 0. The van der Waals surface area contributed by atoms with Gasteiger partial charge in [-0.25, -0.2) is 0 Å². The fourth-order valence-electron chi connectivity index (χ4n) is 2.94. The predicted molar refractivity (Wildman–Crippen MR) is 94.6 cm³/mol. The van der Waals surface area contributed by atoms with Gasteiger partial charge in [-0.2, -0.15) is 8.42 Å². The summed E-state index contributed by atoms with van der Waals surface area (Å²) in [5.74, 6) is 0. The lowest BCUT2D eigenvalue weighted by molar-refractivity contribution is 0.337. The van der Waals surface area contributed by atoms with Crippen molar-refractivity contribution in [3.8, 4) is 0 Å². The van der Waals surface area contributed by atoms with Crippen LogP contribution in [-0.2, 0) is 27.2 Å². The van der Waals surface area contributed by atoms with E-state index in [-0.39, 0.29) is 4.90 Å². The first kappa shape index (κ1) is 16.7. The minimum atomic E-state index is -3.88. The van der Waals surface area contributed by atoms with Gasteiger partial charge in [-0.1, -0.05) is 54.9 Å². The van der Waals surface area contributed by atoms with Gasteiger partial charge in [0.05, 0.1) is 5.71 Å². The molecular weight excluding hydrogens is 322 g/mol. The summed E-state index contributed by atoms with van der Waals surface area (Å²) in [4.78, 5) is 0.135. The van der Waals surface area contributed by atoms with Crippen molar-refractivity contribution in [1.29, 1.82) is 0 Å². The lowest BCUT2D eigenvalue weighted by Crippen LogP contribution is -2.13. The first-order valence-corrected chi connectivity index (χ1v) is 9.69. The maximum atomic E-state index is 12.3. The molecule has 0 aromatic heterocycles. The van der Waals surface area contributed by atoms with Crippen LogP contribution in [0.5, 0.6) is 0 Å². The molecule has 0 fully saturated rings. The molecule has 3 rings (SSSR count). The van der Waals surface area contributed by atoms with Crippen molar-refractivity contribution in [3.63, 3.8) is 0 Å². The summed E-state index contributed by atoms with van der Waals surface area (Å²) >= 11 is 0. The normalized spacial score (nSPS) is 16.0. The molecule has 0 aliphatic heterocycles. The number of nitrogens with zero attached hydrogens (tertiary/aromatic N) is 1. The summed E-state index contributed by atoms with van der Waals surface area (Å²) in [6.45, 7) is 2.09. The number of hydrogen-bond acceptors (Lipinski definition) is 4. The second kappa shape index (κ2) is 7.18. The number of oxime groups is 1. The SMILES string of the molecule is CCCc1ccc(S(=O)(=O)ON=C2CCCc3ccccc32)cc1. The molecule has 126 valence electrons. The first-order valence-electron chi connectivity index (χ1n) is 8.28. The Kier molecular flexibility index (Phi) is 5.00. The molecule has 0 N–H and O–H groups in total. The molecule has 1 aliphatic carbocycles. The van der Waals surface area contributed by atoms with Crippen molar-refractivity contribution < 1.29 is 12.7 Å². The molecule has 0 atom stereocenters. The first-order chi connectivity index (χ1) is 11.6. The Bertz CT molecular complexity index is 839. The van der Waals surface area contributed by atoms with E-state index in [1.165, 1.54) is 5.56 Å². The quantitative estimate of drug-likeness (QED) is 0.769. The predicted octanol–water partition coefficient (Wildman–Crippen LogP) is 4.09. The summed E-state index contributed by atoms with van der Waals surface area (Å²) in [6, 6.07) is 14.7. The van der Waals surface area contributed by atoms with Crippen LogP contribution in [0.4, 0.5) is 0 Å². The van der Waals surface area contributed by atoms with Crippen LogP contribution < -0.4 is 0 Å². The van der Waals surface area contributed by atoms with Crippen molar-refractivity contribution >= 4 is 15.8 Å². The van der Waals surface area contributed by atoms with Gasteiger partial charge in [0.15, 0.2) is 0 Å². The smallest absolute Gasteiger partial charge is 0.264 e. The summed E-state index contributed by atoms with van der Waals surface area (Å²) in [5.41, 5.74) is 3.98. The molecule has 24 heavy (non-hydrogen) atoms. The molecule has 2 aromatic rings. The van der Waals surface area contributed by atoms with Gasteiger partial charge >= 0.3 is 10.1 Å². The van der Waals surface area contributed by atoms with Gasteiger partial charge in [0.1, 0.15) is 4.90 Å². The van der Waals surface area contributed by atoms with Gasteiger partial charge in [-0.05, 0) is 48.9 Å². The van der Waals surface area contributed by atoms with Gasteiger partial charge in [-0.15, -0.1) is 0 Å². The third-order valence-corrected chi connectivity index (χ3v) is 5.30. The Morgan fingerprint density at radius 1 is 1.04 bits per heavy atom. The fraction of sp³-hybridized carbons (Fsp3) is 0.316. The van der Waals surface area contributed by atoms with E-state index < -0.39 is 10.1 Å². The second-order valence-corrected chi connectivity index (χ2v) is 7.50. The second-order valence-electron chi connectivity index (χ2n) is 5.97. The van der Waals surface area contributed by atoms with Crippen molar-refractivity contribution in [2.75, 3.05) is 0 Å². The molecule has 0 amide bonds. The maximum Gasteiger partial charge on any atom is 0.358 e. The molecule has 1 aliphatic rings. The van der Waals surface area contributed by atoms with Gasteiger partial charge in [0.2, 0.25) is 0 Å².